The fourth-order valence-electron chi connectivity index (χ4n) is 3.05. The van der Waals surface area contributed by atoms with Crippen LogP contribution in [0.25, 0.3) is 0 Å². The first-order chi connectivity index (χ1) is 12.8. The van der Waals surface area contributed by atoms with Crippen molar-refractivity contribution in [2.24, 2.45) is 0 Å². The molecule has 150 valence electrons. The largest absolute Gasteiger partial charge is 0.493 e. The number of methoxy groups -OCH3 is 2. The SMILES string of the molecule is COc1cc(C(=O)NCCC2=CCCCC2)c(N(C)S(C)(=O)=O)cc1OC. The molecule has 0 radical (unpaired) electrons. The molecule has 0 spiro atoms. The lowest BCUT2D eigenvalue weighted by molar-refractivity contribution is 0.0954. The summed E-state index contributed by atoms with van der Waals surface area (Å²) in [5.41, 5.74) is 1.82. The quantitative estimate of drug-likeness (QED) is 0.683. The van der Waals surface area contributed by atoms with E-state index in [0.717, 1.165) is 29.8 Å². The molecule has 1 N–H and O–H groups in total. The van der Waals surface area contributed by atoms with Crippen LogP contribution in [0, 0.1) is 0 Å². The van der Waals surface area contributed by atoms with Gasteiger partial charge in [-0.2, -0.15) is 0 Å². The number of anilines is 1. The Labute approximate surface area is 161 Å². The monoisotopic (exact) mass is 396 g/mol. The van der Waals surface area contributed by atoms with E-state index in [2.05, 4.69) is 11.4 Å². The smallest absolute Gasteiger partial charge is 0.253 e. The highest BCUT2D eigenvalue weighted by atomic mass is 32.2. The van der Waals surface area contributed by atoms with Crippen LogP contribution >= 0.6 is 0 Å². The Morgan fingerprint density at radius 3 is 2.41 bits per heavy atom. The zero-order valence-electron chi connectivity index (χ0n) is 16.4. The molecule has 1 aromatic carbocycles. The lowest BCUT2D eigenvalue weighted by Gasteiger charge is -2.22. The molecule has 0 saturated heterocycles. The number of allylic oxidation sites excluding steroid dienone is 1. The van der Waals surface area contributed by atoms with E-state index < -0.39 is 10.0 Å². The van der Waals surface area contributed by atoms with Gasteiger partial charge < -0.3 is 14.8 Å². The van der Waals surface area contributed by atoms with Gasteiger partial charge in [-0.1, -0.05) is 11.6 Å². The van der Waals surface area contributed by atoms with Crippen LogP contribution in [0.15, 0.2) is 23.8 Å². The average molecular weight is 397 g/mol. The number of hydrogen-bond acceptors (Lipinski definition) is 5. The first-order valence-electron chi connectivity index (χ1n) is 8.94. The molecule has 2 rings (SSSR count). The van der Waals surface area contributed by atoms with Crippen molar-refractivity contribution in [2.45, 2.75) is 32.1 Å². The van der Waals surface area contributed by atoms with Gasteiger partial charge in [0.15, 0.2) is 11.5 Å². The van der Waals surface area contributed by atoms with Gasteiger partial charge in [-0.25, -0.2) is 8.42 Å². The molecule has 27 heavy (non-hydrogen) atoms. The van der Waals surface area contributed by atoms with Gasteiger partial charge in [0.2, 0.25) is 10.0 Å². The Morgan fingerprint density at radius 1 is 1.19 bits per heavy atom. The number of sulfonamides is 1. The predicted molar refractivity (Wildman–Crippen MR) is 106 cm³/mol. The van der Waals surface area contributed by atoms with Crippen LogP contribution in [-0.2, 0) is 10.0 Å². The van der Waals surface area contributed by atoms with Gasteiger partial charge in [0.1, 0.15) is 0 Å². The third-order valence-electron chi connectivity index (χ3n) is 4.70. The maximum Gasteiger partial charge on any atom is 0.253 e. The lowest BCUT2D eigenvalue weighted by atomic mass is 9.97. The highest BCUT2D eigenvalue weighted by Crippen LogP contribution is 2.35. The summed E-state index contributed by atoms with van der Waals surface area (Å²) in [7, 11) is 0.782. The minimum atomic E-state index is -3.55. The number of ether oxygens (including phenoxy) is 2. The molecule has 0 aromatic heterocycles. The standard InChI is InChI=1S/C19H28N2O5S/c1-21(27(4,23)24)16-13-18(26-3)17(25-2)12-15(16)19(22)20-11-10-14-8-6-5-7-9-14/h8,12-13H,5-7,9-11H2,1-4H3,(H,20,22). The minimum Gasteiger partial charge on any atom is -0.493 e. The van der Waals surface area contributed by atoms with E-state index in [1.807, 2.05) is 0 Å². The Morgan fingerprint density at radius 2 is 1.85 bits per heavy atom. The summed E-state index contributed by atoms with van der Waals surface area (Å²) >= 11 is 0. The summed E-state index contributed by atoms with van der Waals surface area (Å²) in [6, 6.07) is 3.00. The molecule has 0 aliphatic heterocycles. The molecule has 8 heteroatoms. The number of carbonyl (C=O) groups is 1. The fourth-order valence-corrected chi connectivity index (χ4v) is 3.56. The van der Waals surface area contributed by atoms with Crippen LogP contribution in [-0.4, -0.2) is 48.4 Å². The molecule has 0 unspecified atom stereocenters. The maximum absolute atomic E-state index is 12.8. The van der Waals surface area contributed by atoms with E-state index in [1.54, 1.807) is 0 Å². The van der Waals surface area contributed by atoms with Crippen LogP contribution in [0.4, 0.5) is 5.69 Å². The third-order valence-corrected chi connectivity index (χ3v) is 5.89. The van der Waals surface area contributed by atoms with E-state index in [4.69, 9.17) is 9.47 Å². The predicted octanol–water partition coefficient (Wildman–Crippen LogP) is 2.72. The van der Waals surface area contributed by atoms with Crippen LogP contribution in [0.1, 0.15) is 42.5 Å². The zero-order valence-corrected chi connectivity index (χ0v) is 17.2. The van der Waals surface area contributed by atoms with E-state index in [9.17, 15) is 13.2 Å². The van der Waals surface area contributed by atoms with Gasteiger partial charge in [-0.15, -0.1) is 0 Å². The van der Waals surface area contributed by atoms with Crippen LogP contribution in [0.3, 0.4) is 0 Å². The third kappa shape index (κ3) is 5.38. The molecule has 1 aromatic rings. The number of hydrogen-bond donors (Lipinski definition) is 1. The summed E-state index contributed by atoms with van der Waals surface area (Å²) < 4.78 is 35.6. The summed E-state index contributed by atoms with van der Waals surface area (Å²) in [6.45, 7) is 0.501. The van der Waals surface area contributed by atoms with Crippen molar-refractivity contribution in [3.05, 3.63) is 29.3 Å². The van der Waals surface area contributed by atoms with Crippen molar-refractivity contribution in [2.75, 3.05) is 38.4 Å². The number of nitrogens with zero attached hydrogens (tertiary/aromatic N) is 1. The van der Waals surface area contributed by atoms with E-state index in [0.29, 0.717) is 18.0 Å². The summed E-state index contributed by atoms with van der Waals surface area (Å²) in [4.78, 5) is 12.8. The van der Waals surface area contributed by atoms with Gasteiger partial charge in [0, 0.05) is 19.7 Å². The molecular weight excluding hydrogens is 368 g/mol. The van der Waals surface area contributed by atoms with Crippen LogP contribution in [0.2, 0.25) is 0 Å². The number of amides is 1. The topological polar surface area (TPSA) is 84.9 Å². The van der Waals surface area contributed by atoms with Crippen molar-refractivity contribution in [3.63, 3.8) is 0 Å². The van der Waals surface area contributed by atoms with Gasteiger partial charge in [0.25, 0.3) is 5.91 Å². The average Bonchev–Trinajstić information content (AvgIpc) is 2.66. The molecule has 0 saturated carbocycles. The van der Waals surface area contributed by atoms with Gasteiger partial charge in [0.05, 0.1) is 31.7 Å². The van der Waals surface area contributed by atoms with Crippen molar-refractivity contribution in [3.8, 4) is 11.5 Å². The summed E-state index contributed by atoms with van der Waals surface area (Å²) in [5.74, 6) is 0.369. The zero-order chi connectivity index (χ0) is 20.0. The number of carbonyl (C=O) groups excluding carboxylic acids is 1. The molecule has 0 heterocycles. The first kappa shape index (κ1) is 21.1. The number of rotatable bonds is 8. The van der Waals surface area contributed by atoms with E-state index in [-0.39, 0.29) is 17.2 Å². The van der Waals surface area contributed by atoms with Crippen molar-refractivity contribution >= 4 is 21.6 Å². The molecule has 0 atom stereocenters. The number of nitrogens with one attached hydrogen (secondary N) is 1. The molecule has 1 aliphatic rings. The van der Waals surface area contributed by atoms with Gasteiger partial charge in [-0.3, -0.25) is 9.10 Å². The first-order valence-corrected chi connectivity index (χ1v) is 10.8. The van der Waals surface area contributed by atoms with Crippen molar-refractivity contribution < 1.29 is 22.7 Å². The Bertz CT molecular complexity index is 818. The lowest BCUT2D eigenvalue weighted by Crippen LogP contribution is -2.30. The molecule has 7 nitrogen and oxygen atoms in total. The number of benzene rings is 1. The molecule has 0 fully saturated rings. The van der Waals surface area contributed by atoms with Crippen molar-refractivity contribution in [1.82, 2.24) is 5.32 Å². The maximum atomic E-state index is 12.8. The fraction of sp³-hybridized carbons (Fsp3) is 0.526. The molecular formula is C19H28N2O5S. The second-order valence-electron chi connectivity index (χ2n) is 6.57. The highest BCUT2D eigenvalue weighted by molar-refractivity contribution is 7.92. The normalized spacial score (nSPS) is 14.3. The Hall–Kier alpha value is -2.22. The van der Waals surface area contributed by atoms with Crippen LogP contribution < -0.4 is 19.1 Å². The van der Waals surface area contributed by atoms with Crippen molar-refractivity contribution in [1.29, 1.82) is 0 Å². The van der Waals surface area contributed by atoms with E-state index in [1.165, 1.54) is 51.8 Å². The van der Waals surface area contributed by atoms with Crippen LogP contribution in [0.5, 0.6) is 11.5 Å². The molecule has 0 bridgehead atoms. The summed E-state index contributed by atoms with van der Waals surface area (Å²) in [6.07, 6.45) is 8.73. The molecule has 1 amide bonds. The molecule has 1 aliphatic carbocycles. The summed E-state index contributed by atoms with van der Waals surface area (Å²) in [5, 5.41) is 2.88. The second-order valence-corrected chi connectivity index (χ2v) is 8.58. The Kier molecular flexibility index (Phi) is 7.12. The Balaban J connectivity index is 2.26. The minimum absolute atomic E-state index is 0.221. The highest BCUT2D eigenvalue weighted by Gasteiger charge is 2.23. The van der Waals surface area contributed by atoms with Gasteiger partial charge in [-0.05, 0) is 38.2 Å². The second kappa shape index (κ2) is 9.12. The van der Waals surface area contributed by atoms with E-state index >= 15 is 0 Å². The van der Waals surface area contributed by atoms with Gasteiger partial charge >= 0.3 is 0 Å².